The Labute approximate surface area is 144 Å². The summed E-state index contributed by atoms with van der Waals surface area (Å²) in [6.07, 6.45) is 6.12. The van der Waals surface area contributed by atoms with Crippen LogP contribution in [0.1, 0.15) is 19.4 Å². The number of hydrogen-bond donors (Lipinski definition) is 1. The predicted molar refractivity (Wildman–Crippen MR) is 96.6 cm³/mol. The summed E-state index contributed by atoms with van der Waals surface area (Å²) >= 11 is 6.36. The number of methoxy groups -OCH3 is 2. The van der Waals surface area contributed by atoms with Crippen molar-refractivity contribution in [1.29, 1.82) is 0 Å². The van der Waals surface area contributed by atoms with Gasteiger partial charge in [0.1, 0.15) is 17.0 Å². The van der Waals surface area contributed by atoms with E-state index in [0.29, 0.717) is 17.4 Å². The molecule has 0 bridgehead atoms. The minimum Gasteiger partial charge on any atom is -0.495 e. The van der Waals surface area contributed by atoms with E-state index in [9.17, 15) is 5.11 Å². The molecule has 1 N–H and O–H groups in total. The number of hydrogen-bond acceptors (Lipinski definition) is 4. The molecule has 0 fully saturated rings. The number of aliphatic hydroxyl groups excluding tert-OH is 1. The van der Waals surface area contributed by atoms with Crippen LogP contribution in [0.2, 0.25) is 5.02 Å². The molecule has 1 atom stereocenters. The molecule has 0 aliphatic carbocycles. The van der Waals surface area contributed by atoms with Gasteiger partial charge in [-0.25, -0.2) is 0 Å². The number of ether oxygens (including phenoxy) is 2. The fraction of sp³-hybridized carbons (Fsp3) is 0.444. The van der Waals surface area contributed by atoms with Gasteiger partial charge in [0, 0.05) is 14.2 Å². The summed E-state index contributed by atoms with van der Waals surface area (Å²) in [6.45, 7) is 4.36. The highest BCUT2D eigenvalue weighted by atomic mass is 35.5. The average molecular weight is 340 g/mol. The van der Waals surface area contributed by atoms with E-state index >= 15 is 0 Å². The second-order valence-electron chi connectivity index (χ2n) is 5.45. The molecular formula is C18H26ClNO3. The summed E-state index contributed by atoms with van der Waals surface area (Å²) < 4.78 is 10.3. The molecule has 0 amide bonds. The van der Waals surface area contributed by atoms with E-state index in [1.807, 2.05) is 24.3 Å². The van der Waals surface area contributed by atoms with Gasteiger partial charge in [-0.3, -0.25) is 0 Å². The molecule has 23 heavy (non-hydrogen) atoms. The molecule has 0 aliphatic heterocycles. The van der Waals surface area contributed by atoms with Crippen LogP contribution in [0.5, 0.6) is 5.75 Å². The van der Waals surface area contributed by atoms with E-state index in [4.69, 9.17) is 21.1 Å². The average Bonchev–Trinajstić information content (AvgIpc) is 2.52. The highest BCUT2D eigenvalue weighted by molar-refractivity contribution is 6.34. The van der Waals surface area contributed by atoms with Crippen LogP contribution in [0.25, 0.3) is 0 Å². The number of aliphatic hydroxyl groups is 1. The summed E-state index contributed by atoms with van der Waals surface area (Å²) in [6, 6.07) is 3.91. The zero-order valence-corrected chi connectivity index (χ0v) is 15.2. The highest BCUT2D eigenvalue weighted by Crippen LogP contribution is 2.36. The lowest BCUT2D eigenvalue weighted by atomic mass is 10.0. The van der Waals surface area contributed by atoms with Crippen molar-refractivity contribution in [3.05, 3.63) is 46.5 Å². The maximum Gasteiger partial charge on any atom is 0.139 e. The standard InChI is InChI=1S/C18H26ClNO3/c1-13(8-6-7-9-22-4)10-15-11-16(20(3)14(2)21)18(19)17(12-15)23-5/h6-8,11-12,14,21H,9-10H2,1-5H3/b7-6+,13-8+. The van der Waals surface area contributed by atoms with E-state index in [0.717, 1.165) is 17.7 Å². The number of rotatable bonds is 8. The Morgan fingerprint density at radius 2 is 2.09 bits per heavy atom. The van der Waals surface area contributed by atoms with E-state index in [2.05, 4.69) is 13.0 Å². The molecule has 1 aromatic rings. The van der Waals surface area contributed by atoms with Gasteiger partial charge in [0.2, 0.25) is 0 Å². The maximum absolute atomic E-state index is 9.80. The van der Waals surface area contributed by atoms with Gasteiger partial charge in [-0.1, -0.05) is 35.4 Å². The van der Waals surface area contributed by atoms with Gasteiger partial charge in [0.25, 0.3) is 0 Å². The normalized spacial score (nSPS) is 13.4. The topological polar surface area (TPSA) is 41.9 Å². The molecule has 128 valence electrons. The van der Waals surface area contributed by atoms with Crippen LogP contribution in [-0.2, 0) is 11.2 Å². The van der Waals surface area contributed by atoms with Crippen molar-refractivity contribution in [3.63, 3.8) is 0 Å². The molecule has 0 saturated carbocycles. The first-order valence-electron chi connectivity index (χ1n) is 7.49. The maximum atomic E-state index is 9.80. The van der Waals surface area contributed by atoms with E-state index < -0.39 is 6.23 Å². The zero-order valence-electron chi connectivity index (χ0n) is 14.5. The van der Waals surface area contributed by atoms with Crippen LogP contribution in [0, 0.1) is 0 Å². The molecule has 5 heteroatoms. The van der Waals surface area contributed by atoms with Crippen molar-refractivity contribution in [1.82, 2.24) is 0 Å². The Morgan fingerprint density at radius 1 is 1.39 bits per heavy atom. The van der Waals surface area contributed by atoms with Crippen LogP contribution >= 0.6 is 11.6 Å². The number of anilines is 1. The lowest BCUT2D eigenvalue weighted by Crippen LogP contribution is -2.28. The SMILES string of the molecule is COC/C=C/C=C(\C)Cc1cc(OC)c(Cl)c(N(C)C(C)O)c1. The van der Waals surface area contributed by atoms with Crippen molar-refractivity contribution < 1.29 is 14.6 Å². The molecule has 0 aliphatic rings. The van der Waals surface area contributed by atoms with E-state index in [1.165, 1.54) is 5.57 Å². The van der Waals surface area contributed by atoms with Crippen molar-refractivity contribution in [2.24, 2.45) is 0 Å². The van der Waals surface area contributed by atoms with Gasteiger partial charge in [0.05, 0.1) is 19.4 Å². The van der Waals surface area contributed by atoms with Crippen LogP contribution in [-0.4, -0.2) is 39.2 Å². The third-order valence-corrected chi connectivity index (χ3v) is 3.88. The van der Waals surface area contributed by atoms with Crippen LogP contribution in [0.4, 0.5) is 5.69 Å². The fourth-order valence-corrected chi connectivity index (χ4v) is 2.43. The summed E-state index contributed by atoms with van der Waals surface area (Å²) in [4.78, 5) is 1.71. The first-order valence-corrected chi connectivity index (χ1v) is 7.87. The van der Waals surface area contributed by atoms with Gasteiger partial charge in [-0.15, -0.1) is 0 Å². The summed E-state index contributed by atoms with van der Waals surface area (Å²) in [7, 11) is 5.06. The predicted octanol–water partition coefficient (Wildman–Crippen LogP) is 3.81. The zero-order chi connectivity index (χ0) is 17.4. The van der Waals surface area contributed by atoms with Gasteiger partial charge in [-0.05, 0) is 38.0 Å². The Morgan fingerprint density at radius 3 is 2.65 bits per heavy atom. The van der Waals surface area contributed by atoms with Gasteiger partial charge in [-0.2, -0.15) is 0 Å². The molecule has 0 heterocycles. The summed E-state index contributed by atoms with van der Waals surface area (Å²) in [5.41, 5.74) is 3.02. The van der Waals surface area contributed by atoms with Crippen LogP contribution in [0.15, 0.2) is 35.9 Å². The third-order valence-electron chi connectivity index (χ3n) is 3.50. The number of benzene rings is 1. The smallest absolute Gasteiger partial charge is 0.139 e. The molecule has 1 rings (SSSR count). The third kappa shape index (κ3) is 5.90. The molecule has 1 unspecified atom stereocenters. The first kappa shape index (κ1) is 19.6. The van der Waals surface area contributed by atoms with E-state index in [1.54, 1.807) is 33.1 Å². The number of nitrogens with zero attached hydrogens (tertiary/aromatic N) is 1. The van der Waals surface area contributed by atoms with Gasteiger partial charge in [0.15, 0.2) is 0 Å². The minimum absolute atomic E-state index is 0.501. The van der Waals surface area contributed by atoms with Gasteiger partial charge < -0.3 is 19.5 Å². The molecule has 1 aromatic carbocycles. The lowest BCUT2D eigenvalue weighted by molar-refractivity contribution is 0.195. The molecule has 4 nitrogen and oxygen atoms in total. The fourth-order valence-electron chi connectivity index (χ4n) is 2.11. The Balaban J connectivity index is 3.05. The summed E-state index contributed by atoms with van der Waals surface area (Å²) in [5.74, 6) is 0.606. The van der Waals surface area contributed by atoms with Crippen molar-refractivity contribution >= 4 is 17.3 Å². The quantitative estimate of drug-likeness (QED) is 0.577. The molecular weight excluding hydrogens is 314 g/mol. The monoisotopic (exact) mass is 339 g/mol. The van der Waals surface area contributed by atoms with Gasteiger partial charge >= 0.3 is 0 Å². The molecule has 0 aromatic heterocycles. The summed E-state index contributed by atoms with van der Waals surface area (Å²) in [5, 5.41) is 10.3. The largest absolute Gasteiger partial charge is 0.495 e. The highest BCUT2D eigenvalue weighted by Gasteiger charge is 2.16. The number of halogens is 1. The van der Waals surface area contributed by atoms with Crippen LogP contribution in [0.3, 0.4) is 0 Å². The molecule has 0 spiro atoms. The van der Waals surface area contributed by atoms with E-state index in [-0.39, 0.29) is 0 Å². The Kier molecular flexibility index (Phi) is 8.17. The van der Waals surface area contributed by atoms with Crippen molar-refractivity contribution in [2.45, 2.75) is 26.5 Å². The Hall–Kier alpha value is -1.49. The first-order chi connectivity index (χ1) is 10.9. The number of allylic oxidation sites excluding steroid dienone is 3. The minimum atomic E-state index is -0.638. The van der Waals surface area contributed by atoms with Crippen molar-refractivity contribution in [3.8, 4) is 5.75 Å². The second-order valence-corrected chi connectivity index (χ2v) is 5.83. The Bertz CT molecular complexity index is 568. The second kappa shape index (κ2) is 9.60. The molecule has 0 saturated heterocycles. The van der Waals surface area contributed by atoms with Crippen LogP contribution < -0.4 is 9.64 Å². The lowest BCUT2D eigenvalue weighted by Gasteiger charge is -2.25. The van der Waals surface area contributed by atoms with Crippen molar-refractivity contribution in [2.75, 3.05) is 32.8 Å². The molecule has 0 radical (unpaired) electrons.